The highest BCUT2D eigenvalue weighted by atomic mass is 32.2. The SMILES string of the molecule is CSc1c(/C=C/CN)ccc2c1OCCO2. The fraction of sp³-hybridized carbons (Fsp3) is 0.333. The van der Waals surface area contributed by atoms with Gasteiger partial charge in [0.25, 0.3) is 0 Å². The van der Waals surface area contributed by atoms with E-state index in [1.165, 1.54) is 0 Å². The Kier molecular flexibility index (Phi) is 3.74. The number of ether oxygens (including phenoxy) is 2. The van der Waals surface area contributed by atoms with Gasteiger partial charge in [-0.25, -0.2) is 0 Å². The molecule has 2 rings (SSSR count). The Balaban J connectivity index is 2.43. The minimum atomic E-state index is 0.544. The third kappa shape index (κ3) is 2.18. The van der Waals surface area contributed by atoms with Gasteiger partial charge in [-0.2, -0.15) is 0 Å². The van der Waals surface area contributed by atoms with Crippen LogP contribution in [0.5, 0.6) is 11.5 Å². The van der Waals surface area contributed by atoms with E-state index in [0.717, 1.165) is 22.0 Å². The van der Waals surface area contributed by atoms with Crippen LogP contribution in [-0.2, 0) is 0 Å². The summed E-state index contributed by atoms with van der Waals surface area (Å²) in [7, 11) is 0. The van der Waals surface area contributed by atoms with E-state index < -0.39 is 0 Å². The fourth-order valence-electron chi connectivity index (χ4n) is 1.64. The summed E-state index contributed by atoms with van der Waals surface area (Å²) in [5.41, 5.74) is 6.58. The third-order valence-corrected chi connectivity index (χ3v) is 3.16. The largest absolute Gasteiger partial charge is 0.486 e. The highest BCUT2D eigenvalue weighted by Gasteiger charge is 2.17. The Hall–Kier alpha value is -1.13. The molecule has 0 unspecified atom stereocenters. The van der Waals surface area contributed by atoms with Gasteiger partial charge in [-0.3, -0.25) is 0 Å². The minimum absolute atomic E-state index is 0.544. The average Bonchev–Trinajstić information content (AvgIpc) is 2.35. The molecule has 0 spiro atoms. The van der Waals surface area contributed by atoms with Crippen molar-refractivity contribution >= 4 is 17.8 Å². The Morgan fingerprint density at radius 1 is 1.38 bits per heavy atom. The molecule has 0 bridgehead atoms. The molecule has 0 amide bonds. The molecule has 0 aromatic heterocycles. The van der Waals surface area contributed by atoms with Crippen LogP contribution in [0.3, 0.4) is 0 Å². The van der Waals surface area contributed by atoms with Gasteiger partial charge in [0.2, 0.25) is 0 Å². The summed E-state index contributed by atoms with van der Waals surface area (Å²) in [6.07, 6.45) is 5.99. The predicted molar refractivity (Wildman–Crippen MR) is 67.3 cm³/mol. The van der Waals surface area contributed by atoms with Gasteiger partial charge < -0.3 is 15.2 Å². The fourth-order valence-corrected chi connectivity index (χ4v) is 2.36. The van der Waals surface area contributed by atoms with Crippen molar-refractivity contribution in [1.82, 2.24) is 0 Å². The number of nitrogens with two attached hydrogens (primary N) is 1. The molecular weight excluding hydrogens is 222 g/mol. The van der Waals surface area contributed by atoms with E-state index in [1.807, 2.05) is 30.5 Å². The van der Waals surface area contributed by atoms with Gasteiger partial charge in [0, 0.05) is 6.54 Å². The molecule has 0 radical (unpaired) electrons. The molecular formula is C12H15NO2S. The standard InChI is InChI=1S/C12H15NO2S/c1-16-12-9(3-2-6-13)4-5-10-11(12)15-8-7-14-10/h2-5H,6-8,13H2,1H3/b3-2+. The van der Waals surface area contributed by atoms with Crippen molar-refractivity contribution in [2.24, 2.45) is 5.73 Å². The van der Waals surface area contributed by atoms with Gasteiger partial charge in [0.1, 0.15) is 13.2 Å². The first-order valence-corrected chi connectivity index (χ1v) is 6.42. The summed E-state index contributed by atoms with van der Waals surface area (Å²) < 4.78 is 11.2. The van der Waals surface area contributed by atoms with Crippen LogP contribution in [0.15, 0.2) is 23.1 Å². The Morgan fingerprint density at radius 3 is 2.94 bits per heavy atom. The van der Waals surface area contributed by atoms with Crippen molar-refractivity contribution in [3.05, 3.63) is 23.8 Å². The molecule has 0 aliphatic carbocycles. The maximum atomic E-state index is 5.66. The Labute approximate surface area is 99.6 Å². The number of fused-ring (bicyclic) bond motifs is 1. The van der Waals surface area contributed by atoms with Crippen LogP contribution in [0, 0.1) is 0 Å². The van der Waals surface area contributed by atoms with Crippen LogP contribution in [-0.4, -0.2) is 26.0 Å². The van der Waals surface area contributed by atoms with Crippen LogP contribution in [0.4, 0.5) is 0 Å². The van der Waals surface area contributed by atoms with Crippen molar-refractivity contribution in [1.29, 1.82) is 0 Å². The van der Waals surface area contributed by atoms with Gasteiger partial charge in [-0.1, -0.05) is 12.2 Å². The highest BCUT2D eigenvalue weighted by Crippen LogP contribution is 2.41. The van der Waals surface area contributed by atoms with Gasteiger partial charge in [-0.15, -0.1) is 11.8 Å². The van der Waals surface area contributed by atoms with E-state index >= 15 is 0 Å². The zero-order valence-electron chi connectivity index (χ0n) is 9.23. The van der Waals surface area contributed by atoms with Crippen LogP contribution in [0.1, 0.15) is 5.56 Å². The van der Waals surface area contributed by atoms with E-state index in [9.17, 15) is 0 Å². The summed E-state index contributed by atoms with van der Waals surface area (Å²) in [6.45, 7) is 1.78. The summed E-state index contributed by atoms with van der Waals surface area (Å²) in [5.74, 6) is 1.69. The van der Waals surface area contributed by atoms with Gasteiger partial charge in [0.05, 0.1) is 4.90 Å². The van der Waals surface area contributed by atoms with E-state index in [2.05, 4.69) is 0 Å². The van der Waals surface area contributed by atoms with E-state index in [-0.39, 0.29) is 0 Å². The molecule has 16 heavy (non-hydrogen) atoms. The number of rotatable bonds is 3. The quantitative estimate of drug-likeness (QED) is 0.818. The second kappa shape index (κ2) is 5.27. The Bertz CT molecular complexity index is 404. The molecule has 1 heterocycles. The van der Waals surface area contributed by atoms with Crippen LogP contribution >= 0.6 is 11.8 Å². The normalized spacial score (nSPS) is 14.4. The molecule has 0 atom stereocenters. The van der Waals surface area contributed by atoms with Crippen molar-refractivity contribution in [2.75, 3.05) is 26.0 Å². The van der Waals surface area contributed by atoms with Gasteiger partial charge in [-0.05, 0) is 24.0 Å². The first-order valence-electron chi connectivity index (χ1n) is 5.20. The monoisotopic (exact) mass is 237 g/mol. The van der Waals surface area contributed by atoms with Crippen molar-refractivity contribution in [3.63, 3.8) is 0 Å². The number of benzene rings is 1. The second-order valence-corrected chi connectivity index (χ2v) is 4.17. The predicted octanol–water partition coefficient (Wildman–Crippen LogP) is 2.15. The molecule has 2 N–H and O–H groups in total. The van der Waals surface area contributed by atoms with Crippen molar-refractivity contribution in [3.8, 4) is 11.5 Å². The molecule has 1 aromatic rings. The lowest BCUT2D eigenvalue weighted by molar-refractivity contribution is 0.167. The van der Waals surface area contributed by atoms with Gasteiger partial charge >= 0.3 is 0 Å². The molecule has 1 aromatic carbocycles. The van der Waals surface area contributed by atoms with Crippen LogP contribution in [0.25, 0.3) is 6.08 Å². The van der Waals surface area contributed by atoms with Crippen LogP contribution < -0.4 is 15.2 Å². The maximum Gasteiger partial charge on any atom is 0.175 e. The summed E-state index contributed by atoms with van der Waals surface area (Å²) >= 11 is 1.66. The zero-order chi connectivity index (χ0) is 11.4. The number of hydrogen-bond donors (Lipinski definition) is 1. The summed E-state index contributed by atoms with van der Waals surface area (Å²) in [4.78, 5) is 1.11. The molecule has 0 fully saturated rings. The number of hydrogen-bond acceptors (Lipinski definition) is 4. The topological polar surface area (TPSA) is 44.5 Å². The first kappa shape index (κ1) is 11.4. The average molecular weight is 237 g/mol. The van der Waals surface area contributed by atoms with E-state index in [1.54, 1.807) is 11.8 Å². The molecule has 0 saturated heterocycles. The maximum absolute atomic E-state index is 5.66. The highest BCUT2D eigenvalue weighted by molar-refractivity contribution is 7.98. The van der Waals surface area contributed by atoms with E-state index in [0.29, 0.717) is 19.8 Å². The van der Waals surface area contributed by atoms with E-state index in [4.69, 9.17) is 15.2 Å². The first-order chi connectivity index (χ1) is 7.86. The Morgan fingerprint density at radius 2 is 2.19 bits per heavy atom. The molecule has 1 aliphatic rings. The second-order valence-electron chi connectivity index (χ2n) is 3.35. The van der Waals surface area contributed by atoms with Crippen molar-refractivity contribution in [2.45, 2.75) is 4.90 Å². The third-order valence-electron chi connectivity index (χ3n) is 2.33. The molecule has 4 heteroatoms. The smallest absolute Gasteiger partial charge is 0.175 e. The molecule has 1 aliphatic heterocycles. The molecule has 86 valence electrons. The summed E-state index contributed by atoms with van der Waals surface area (Å²) in [6, 6.07) is 3.98. The number of thioether (sulfide) groups is 1. The lowest BCUT2D eigenvalue weighted by Gasteiger charge is -2.21. The lowest BCUT2D eigenvalue weighted by atomic mass is 10.1. The van der Waals surface area contributed by atoms with Crippen LogP contribution in [0.2, 0.25) is 0 Å². The summed E-state index contributed by atoms with van der Waals surface area (Å²) in [5, 5.41) is 0. The zero-order valence-corrected chi connectivity index (χ0v) is 10.0. The lowest BCUT2D eigenvalue weighted by Crippen LogP contribution is -2.16. The van der Waals surface area contributed by atoms with Crippen molar-refractivity contribution < 1.29 is 9.47 Å². The molecule has 0 saturated carbocycles. The van der Waals surface area contributed by atoms with Gasteiger partial charge in [0.15, 0.2) is 11.5 Å². The molecule has 3 nitrogen and oxygen atoms in total. The minimum Gasteiger partial charge on any atom is -0.486 e.